The first-order valence-corrected chi connectivity index (χ1v) is 9.00. The Morgan fingerprint density at radius 2 is 1.47 bits per heavy atom. The van der Waals surface area contributed by atoms with E-state index in [0.717, 1.165) is 6.07 Å². The molecule has 0 spiro atoms. The summed E-state index contributed by atoms with van der Waals surface area (Å²) in [5.74, 6) is -3.57. The third kappa shape index (κ3) is 4.78. The van der Waals surface area contributed by atoms with Gasteiger partial charge in [0.05, 0.1) is 21.7 Å². The fourth-order valence-corrected chi connectivity index (χ4v) is 3.22. The third-order valence-corrected chi connectivity index (χ3v) is 4.86. The summed E-state index contributed by atoms with van der Waals surface area (Å²) in [7, 11) is 0. The number of rotatable bonds is 4. The number of anilines is 1. The highest BCUT2D eigenvalue weighted by Gasteiger charge is 2.73. The van der Waals surface area contributed by atoms with Crippen molar-refractivity contribution in [2.45, 2.75) is 24.2 Å². The lowest BCUT2D eigenvalue weighted by atomic mass is 9.92. The van der Waals surface area contributed by atoms with E-state index in [1.165, 1.54) is 5.32 Å². The van der Waals surface area contributed by atoms with Crippen molar-refractivity contribution in [2.75, 3.05) is 5.32 Å². The number of nitrogens with one attached hydrogen (secondary N) is 1. The van der Waals surface area contributed by atoms with E-state index in [9.17, 15) is 63.2 Å². The minimum Gasteiger partial charge on any atom is -0.320 e. The zero-order chi connectivity index (χ0) is 26.4. The van der Waals surface area contributed by atoms with Crippen LogP contribution in [-0.2, 0) is 11.8 Å². The number of nitro benzene ring substituents is 1. The second-order valence-corrected chi connectivity index (χ2v) is 7.24. The first kappa shape index (κ1) is 27.3. The predicted octanol–water partition coefficient (Wildman–Crippen LogP) is 7.06. The average molecular weight is 575 g/mol. The lowest BCUT2D eigenvalue weighted by molar-refractivity contribution is -0.387. The number of hydrogen-bond donors (Lipinski definition) is 1. The molecule has 2 aromatic rings. The van der Waals surface area contributed by atoms with Gasteiger partial charge in [-0.3, -0.25) is 14.9 Å². The molecule has 0 heterocycles. The normalized spacial score (nSPS) is 13.1. The highest BCUT2D eigenvalue weighted by Crippen LogP contribution is 2.55. The second-order valence-electron chi connectivity index (χ2n) is 6.38. The molecule has 0 atom stereocenters. The van der Waals surface area contributed by atoms with Gasteiger partial charge in [0.25, 0.3) is 5.91 Å². The maximum atomic E-state index is 14.3. The SMILES string of the molecule is O=C(Nc1c(Br)cc(C(F)(C(F)(F)F)C(F)(F)F)cc1C(F)(F)F)c1cccc([N+](=O)[O-])c1F. The minimum absolute atomic E-state index is 0.296. The van der Waals surface area contributed by atoms with E-state index in [1.54, 1.807) is 0 Å². The van der Waals surface area contributed by atoms with Crippen molar-refractivity contribution in [1.82, 2.24) is 0 Å². The Bertz CT molecular complexity index is 1130. The van der Waals surface area contributed by atoms with Crippen LogP contribution in [0.15, 0.2) is 34.8 Å². The van der Waals surface area contributed by atoms with Gasteiger partial charge in [-0.2, -0.15) is 43.9 Å². The van der Waals surface area contributed by atoms with Crippen LogP contribution >= 0.6 is 15.9 Å². The van der Waals surface area contributed by atoms with Crippen molar-refractivity contribution < 1.29 is 58.0 Å². The fraction of sp³-hybridized carbons (Fsp3) is 0.235. The van der Waals surface area contributed by atoms with E-state index in [0.29, 0.717) is 12.1 Å². The lowest BCUT2D eigenvalue weighted by Crippen LogP contribution is -2.50. The maximum absolute atomic E-state index is 14.3. The van der Waals surface area contributed by atoms with Crippen molar-refractivity contribution in [3.05, 3.63) is 67.4 Å². The summed E-state index contributed by atoms with van der Waals surface area (Å²) in [5.41, 5.74) is -15.0. The van der Waals surface area contributed by atoms with Gasteiger partial charge in [-0.05, 0) is 34.1 Å². The molecule has 17 heteroatoms. The van der Waals surface area contributed by atoms with Gasteiger partial charge in [0.15, 0.2) is 0 Å². The fourth-order valence-electron chi connectivity index (χ4n) is 2.66. The van der Waals surface area contributed by atoms with Crippen molar-refractivity contribution in [3.8, 4) is 0 Å². The van der Waals surface area contributed by atoms with Crippen LogP contribution in [0.5, 0.6) is 0 Å². The number of benzene rings is 2. The summed E-state index contributed by atoms with van der Waals surface area (Å²) in [6.45, 7) is 0. The second kappa shape index (κ2) is 8.66. The molecule has 0 aromatic heterocycles. The number of amides is 1. The molecule has 186 valence electrons. The number of nitro groups is 1. The van der Waals surface area contributed by atoms with Crippen LogP contribution < -0.4 is 5.32 Å². The number of carbonyl (C=O) groups excluding carboxylic acids is 1. The molecule has 0 unspecified atom stereocenters. The third-order valence-electron chi connectivity index (χ3n) is 4.23. The van der Waals surface area contributed by atoms with Gasteiger partial charge in [0.2, 0.25) is 5.82 Å². The summed E-state index contributed by atoms with van der Waals surface area (Å²) in [4.78, 5) is 21.7. The molecule has 1 amide bonds. The molecule has 5 nitrogen and oxygen atoms in total. The maximum Gasteiger partial charge on any atom is 0.435 e. The molecule has 0 saturated heterocycles. The van der Waals surface area contributed by atoms with Crippen molar-refractivity contribution >= 4 is 33.2 Å². The zero-order valence-electron chi connectivity index (χ0n) is 15.6. The summed E-state index contributed by atoms with van der Waals surface area (Å²) in [5, 5.41) is 12.2. The number of carbonyl (C=O) groups is 1. The quantitative estimate of drug-likeness (QED) is 0.241. The molecule has 0 saturated carbocycles. The monoisotopic (exact) mass is 574 g/mol. The molecular formula is C17H6BrF11N2O3. The van der Waals surface area contributed by atoms with E-state index in [-0.39, 0.29) is 6.07 Å². The van der Waals surface area contributed by atoms with E-state index in [2.05, 4.69) is 15.9 Å². The van der Waals surface area contributed by atoms with Gasteiger partial charge < -0.3 is 5.32 Å². The van der Waals surface area contributed by atoms with E-state index in [4.69, 9.17) is 0 Å². The molecule has 0 aliphatic carbocycles. The molecule has 0 aliphatic rings. The van der Waals surface area contributed by atoms with Gasteiger partial charge >= 0.3 is 29.9 Å². The molecule has 2 aromatic carbocycles. The largest absolute Gasteiger partial charge is 0.435 e. The molecule has 0 bridgehead atoms. The number of alkyl halides is 10. The highest BCUT2D eigenvalue weighted by atomic mass is 79.9. The topological polar surface area (TPSA) is 72.2 Å². The van der Waals surface area contributed by atoms with Gasteiger partial charge in [0.1, 0.15) is 0 Å². The van der Waals surface area contributed by atoms with Crippen LogP contribution in [0, 0.1) is 15.9 Å². The Kier molecular flexibility index (Phi) is 6.95. The van der Waals surface area contributed by atoms with Gasteiger partial charge in [-0.15, -0.1) is 0 Å². The molecule has 0 aliphatic heterocycles. The first-order chi connectivity index (χ1) is 15.2. The molecule has 0 fully saturated rings. The molecule has 34 heavy (non-hydrogen) atoms. The summed E-state index contributed by atoms with van der Waals surface area (Å²) < 4.78 is 145. The Hall–Kier alpha value is -2.98. The van der Waals surface area contributed by atoms with Gasteiger partial charge in [-0.1, -0.05) is 6.07 Å². The Labute approximate surface area is 188 Å². The Balaban J connectivity index is 2.72. The summed E-state index contributed by atoms with van der Waals surface area (Å²) >= 11 is 2.26. The van der Waals surface area contributed by atoms with Crippen LogP contribution in [0.1, 0.15) is 21.5 Å². The van der Waals surface area contributed by atoms with Crippen LogP contribution in [0.4, 0.5) is 59.7 Å². The predicted molar refractivity (Wildman–Crippen MR) is 95.0 cm³/mol. The van der Waals surface area contributed by atoms with Crippen LogP contribution in [0.2, 0.25) is 0 Å². The molecule has 0 radical (unpaired) electrons. The standard InChI is InChI=1S/C17H6BrF11N2O3/c18-9-5-6(14(20,16(24,25)26)17(27,28)29)4-8(15(21,22)23)12(9)30-13(32)7-2-1-3-10(11(7)19)31(33)34/h1-5H,(H,30,32). The lowest BCUT2D eigenvalue weighted by Gasteiger charge is -2.31. The first-order valence-electron chi connectivity index (χ1n) is 8.21. The summed E-state index contributed by atoms with van der Waals surface area (Å²) in [6.07, 6.45) is -19.2. The number of halogens is 12. The summed E-state index contributed by atoms with van der Waals surface area (Å²) in [6, 6.07) is 0.879. The van der Waals surface area contributed by atoms with Crippen LogP contribution in [0.25, 0.3) is 0 Å². The van der Waals surface area contributed by atoms with Gasteiger partial charge in [-0.25, -0.2) is 4.39 Å². The van der Waals surface area contributed by atoms with E-state index in [1.807, 2.05) is 0 Å². The van der Waals surface area contributed by atoms with Crippen molar-refractivity contribution in [2.24, 2.45) is 0 Å². The van der Waals surface area contributed by atoms with Crippen molar-refractivity contribution in [1.29, 1.82) is 0 Å². The average Bonchev–Trinajstić information content (AvgIpc) is 2.65. The van der Waals surface area contributed by atoms with Gasteiger partial charge in [0, 0.05) is 16.1 Å². The smallest absolute Gasteiger partial charge is 0.320 e. The van der Waals surface area contributed by atoms with E-state index < -0.39 is 79.4 Å². The molecule has 1 N–H and O–H groups in total. The molecule has 2 rings (SSSR count). The van der Waals surface area contributed by atoms with E-state index >= 15 is 0 Å². The molecular weight excluding hydrogens is 569 g/mol. The number of hydrogen-bond acceptors (Lipinski definition) is 3. The minimum atomic E-state index is -6.73. The zero-order valence-corrected chi connectivity index (χ0v) is 17.2. The Morgan fingerprint density at radius 3 is 1.91 bits per heavy atom. The highest BCUT2D eigenvalue weighted by molar-refractivity contribution is 9.10. The van der Waals surface area contributed by atoms with Crippen LogP contribution in [0.3, 0.4) is 0 Å². The van der Waals surface area contributed by atoms with Crippen LogP contribution in [-0.4, -0.2) is 23.2 Å². The Morgan fingerprint density at radius 1 is 0.941 bits per heavy atom. The van der Waals surface area contributed by atoms with Crippen molar-refractivity contribution in [3.63, 3.8) is 0 Å². The number of nitrogens with zero attached hydrogens (tertiary/aromatic N) is 1.